The van der Waals surface area contributed by atoms with Gasteiger partial charge in [0, 0.05) is 27.5 Å². The van der Waals surface area contributed by atoms with Crippen molar-refractivity contribution >= 4 is 38.3 Å². The molecule has 0 unspecified atom stereocenters. The van der Waals surface area contributed by atoms with Crippen molar-refractivity contribution in [2.24, 2.45) is 0 Å². The van der Waals surface area contributed by atoms with Gasteiger partial charge in [-0.2, -0.15) is 0 Å². The van der Waals surface area contributed by atoms with E-state index in [1.54, 1.807) is 12.1 Å². The van der Waals surface area contributed by atoms with Crippen molar-refractivity contribution in [1.82, 2.24) is 4.98 Å². The van der Waals surface area contributed by atoms with Gasteiger partial charge in [0.25, 0.3) is 5.91 Å². The third kappa shape index (κ3) is 3.81. The van der Waals surface area contributed by atoms with E-state index >= 15 is 0 Å². The Labute approximate surface area is 141 Å². The van der Waals surface area contributed by atoms with Crippen LogP contribution in [-0.4, -0.2) is 10.9 Å². The molecule has 1 amide bonds. The number of rotatable bonds is 4. The lowest BCUT2D eigenvalue weighted by Crippen LogP contribution is -2.11. The maximum atomic E-state index is 12.1. The summed E-state index contributed by atoms with van der Waals surface area (Å²) in [7, 11) is 0. The lowest BCUT2D eigenvalue weighted by molar-refractivity contribution is 0.102. The Balaban J connectivity index is 1.66. The number of thiazole rings is 1. The van der Waals surface area contributed by atoms with Crippen molar-refractivity contribution in [1.29, 1.82) is 0 Å². The van der Waals surface area contributed by atoms with Gasteiger partial charge in [-0.15, -0.1) is 11.3 Å². The number of amides is 1. The predicted molar refractivity (Wildman–Crippen MR) is 93.5 cm³/mol. The normalized spacial score (nSPS) is 10.4. The van der Waals surface area contributed by atoms with E-state index in [-0.39, 0.29) is 5.91 Å². The van der Waals surface area contributed by atoms with E-state index in [9.17, 15) is 4.79 Å². The molecule has 0 aliphatic heterocycles. The highest BCUT2D eigenvalue weighted by Gasteiger charge is 2.09. The molecule has 3 nitrogen and oxygen atoms in total. The van der Waals surface area contributed by atoms with Crippen molar-refractivity contribution in [3.8, 4) is 0 Å². The first-order chi connectivity index (χ1) is 10.7. The van der Waals surface area contributed by atoms with Gasteiger partial charge < -0.3 is 0 Å². The van der Waals surface area contributed by atoms with Crippen LogP contribution in [0.2, 0.25) is 0 Å². The van der Waals surface area contributed by atoms with Gasteiger partial charge in [0.15, 0.2) is 5.13 Å². The minimum atomic E-state index is -0.134. The second-order valence-corrected chi connectivity index (χ2v) is 6.79. The second kappa shape index (κ2) is 6.85. The summed E-state index contributed by atoms with van der Waals surface area (Å²) in [5.74, 6) is -0.134. The molecule has 0 aliphatic rings. The third-order valence-corrected chi connectivity index (χ3v) is 4.54. The van der Waals surface area contributed by atoms with E-state index in [1.165, 1.54) is 16.9 Å². The summed E-state index contributed by atoms with van der Waals surface area (Å²) in [6, 6.07) is 17.3. The van der Waals surface area contributed by atoms with Crippen LogP contribution in [0.1, 0.15) is 20.8 Å². The van der Waals surface area contributed by atoms with Crippen molar-refractivity contribution in [2.75, 3.05) is 5.32 Å². The van der Waals surface area contributed by atoms with E-state index in [0.717, 1.165) is 15.8 Å². The topological polar surface area (TPSA) is 42.0 Å². The summed E-state index contributed by atoms with van der Waals surface area (Å²) in [4.78, 5) is 17.5. The number of nitrogens with zero attached hydrogens (tertiary/aromatic N) is 1. The number of nitrogens with one attached hydrogen (secondary N) is 1. The number of benzene rings is 2. The van der Waals surface area contributed by atoms with Gasteiger partial charge in [0.1, 0.15) is 0 Å². The first kappa shape index (κ1) is 14.9. The van der Waals surface area contributed by atoms with Crippen molar-refractivity contribution in [3.05, 3.63) is 81.3 Å². The maximum absolute atomic E-state index is 12.1. The van der Waals surface area contributed by atoms with Gasteiger partial charge >= 0.3 is 0 Å². The lowest BCUT2D eigenvalue weighted by Gasteiger charge is -2.01. The third-order valence-electron chi connectivity index (χ3n) is 3.10. The summed E-state index contributed by atoms with van der Waals surface area (Å²) in [5.41, 5.74) is 1.85. The Kier molecular flexibility index (Phi) is 4.65. The van der Waals surface area contributed by atoms with Crippen molar-refractivity contribution in [3.63, 3.8) is 0 Å². The molecule has 3 rings (SSSR count). The number of aromatic nitrogens is 1. The predicted octanol–water partition coefficient (Wildman–Crippen LogP) is 4.75. The van der Waals surface area contributed by atoms with Crippen LogP contribution in [0.4, 0.5) is 5.13 Å². The average Bonchev–Trinajstić information content (AvgIpc) is 2.97. The smallest absolute Gasteiger partial charge is 0.257 e. The van der Waals surface area contributed by atoms with E-state index in [1.807, 2.05) is 36.5 Å². The molecule has 1 heterocycles. The molecule has 0 saturated heterocycles. The summed E-state index contributed by atoms with van der Waals surface area (Å²) in [6.07, 6.45) is 2.62. The van der Waals surface area contributed by atoms with E-state index in [4.69, 9.17) is 0 Å². The minimum absolute atomic E-state index is 0.134. The first-order valence-corrected chi connectivity index (χ1v) is 8.37. The molecule has 5 heteroatoms. The molecule has 22 heavy (non-hydrogen) atoms. The number of hydrogen-bond donors (Lipinski definition) is 1. The highest BCUT2D eigenvalue weighted by molar-refractivity contribution is 9.10. The molecule has 0 aliphatic carbocycles. The van der Waals surface area contributed by atoms with Crippen LogP contribution in [0.5, 0.6) is 0 Å². The fourth-order valence-corrected chi connectivity index (χ4v) is 3.12. The van der Waals surface area contributed by atoms with Gasteiger partial charge in [-0.3, -0.25) is 10.1 Å². The molecule has 3 aromatic rings. The molecule has 1 N–H and O–H groups in total. The van der Waals surface area contributed by atoms with Crippen LogP contribution >= 0.6 is 27.3 Å². The van der Waals surface area contributed by atoms with Crippen LogP contribution in [0.25, 0.3) is 0 Å². The molecule has 110 valence electrons. The zero-order valence-corrected chi connectivity index (χ0v) is 14.0. The highest BCUT2D eigenvalue weighted by atomic mass is 79.9. The van der Waals surface area contributed by atoms with Crippen LogP contribution in [0, 0.1) is 0 Å². The standard InChI is InChI=1S/C17H13BrN2OS/c18-14-8-6-12(7-9-14)10-15-11-19-17(22-15)20-16(21)13-4-2-1-3-5-13/h1-9,11H,10H2,(H,19,20,21). The molecule has 0 fully saturated rings. The largest absolute Gasteiger partial charge is 0.298 e. The summed E-state index contributed by atoms with van der Waals surface area (Å²) >= 11 is 4.93. The number of anilines is 1. The Hall–Kier alpha value is -1.98. The van der Waals surface area contributed by atoms with Crippen LogP contribution in [0.3, 0.4) is 0 Å². The Morgan fingerprint density at radius 3 is 2.55 bits per heavy atom. The zero-order chi connectivity index (χ0) is 15.4. The molecular formula is C17H13BrN2OS. The second-order valence-electron chi connectivity index (χ2n) is 4.76. The van der Waals surface area contributed by atoms with E-state index in [0.29, 0.717) is 10.7 Å². The van der Waals surface area contributed by atoms with E-state index in [2.05, 4.69) is 38.4 Å². The average molecular weight is 373 g/mol. The Morgan fingerprint density at radius 2 is 1.82 bits per heavy atom. The number of hydrogen-bond acceptors (Lipinski definition) is 3. The van der Waals surface area contributed by atoms with Gasteiger partial charge in [0.05, 0.1) is 0 Å². The van der Waals surface area contributed by atoms with Gasteiger partial charge in [-0.05, 0) is 29.8 Å². The molecule has 0 saturated carbocycles. The number of carbonyl (C=O) groups is 1. The molecule has 0 bridgehead atoms. The fraction of sp³-hybridized carbons (Fsp3) is 0.0588. The summed E-state index contributed by atoms with van der Waals surface area (Å²) < 4.78 is 1.07. The minimum Gasteiger partial charge on any atom is -0.298 e. The van der Waals surface area contributed by atoms with Crippen LogP contribution < -0.4 is 5.32 Å². The molecule has 2 aromatic carbocycles. The quantitative estimate of drug-likeness (QED) is 0.717. The van der Waals surface area contributed by atoms with Crippen molar-refractivity contribution in [2.45, 2.75) is 6.42 Å². The summed E-state index contributed by atoms with van der Waals surface area (Å²) in [6.45, 7) is 0. The number of halogens is 1. The van der Waals surface area contributed by atoms with Gasteiger partial charge in [0.2, 0.25) is 0 Å². The SMILES string of the molecule is O=C(Nc1ncc(Cc2ccc(Br)cc2)s1)c1ccccc1. The molecule has 1 aromatic heterocycles. The molecule has 0 atom stereocenters. The number of carbonyl (C=O) groups excluding carboxylic acids is 1. The Bertz CT molecular complexity index is 769. The summed E-state index contributed by atoms with van der Waals surface area (Å²) in [5, 5.41) is 3.46. The molecule has 0 radical (unpaired) electrons. The zero-order valence-electron chi connectivity index (χ0n) is 11.6. The van der Waals surface area contributed by atoms with Crippen molar-refractivity contribution < 1.29 is 4.79 Å². The van der Waals surface area contributed by atoms with E-state index < -0.39 is 0 Å². The van der Waals surface area contributed by atoms with Gasteiger partial charge in [-0.25, -0.2) is 4.98 Å². The molecule has 0 spiro atoms. The van der Waals surface area contributed by atoms with Gasteiger partial charge in [-0.1, -0.05) is 46.3 Å². The highest BCUT2D eigenvalue weighted by Crippen LogP contribution is 2.22. The Morgan fingerprint density at radius 1 is 1.09 bits per heavy atom. The maximum Gasteiger partial charge on any atom is 0.257 e. The van der Waals surface area contributed by atoms with Crippen LogP contribution in [0.15, 0.2) is 65.3 Å². The van der Waals surface area contributed by atoms with Crippen LogP contribution in [-0.2, 0) is 6.42 Å². The lowest BCUT2D eigenvalue weighted by atomic mass is 10.1. The molecular weight excluding hydrogens is 360 g/mol. The first-order valence-electron chi connectivity index (χ1n) is 6.76. The fourth-order valence-electron chi connectivity index (χ4n) is 2.01. The monoisotopic (exact) mass is 372 g/mol.